The number of fused-ring (bicyclic) bond motifs is 1. The van der Waals surface area contributed by atoms with Gasteiger partial charge in [0.1, 0.15) is 11.6 Å². The summed E-state index contributed by atoms with van der Waals surface area (Å²) in [7, 11) is 0. The normalized spacial score (nSPS) is 13.6. The highest BCUT2D eigenvalue weighted by Gasteiger charge is 2.22. The molecule has 3 aromatic rings. The predicted molar refractivity (Wildman–Crippen MR) is 102 cm³/mol. The summed E-state index contributed by atoms with van der Waals surface area (Å²) in [5.41, 5.74) is 1.66. The van der Waals surface area contributed by atoms with Gasteiger partial charge in [0.2, 0.25) is 0 Å². The Bertz CT molecular complexity index is 1000. The van der Waals surface area contributed by atoms with Crippen LogP contribution in [0.15, 0.2) is 41.8 Å². The first-order valence-corrected chi connectivity index (χ1v) is 9.54. The Labute approximate surface area is 164 Å². The maximum atomic E-state index is 13.5. The Morgan fingerprint density at radius 1 is 1.36 bits per heavy atom. The lowest BCUT2D eigenvalue weighted by atomic mass is 10.2. The molecule has 0 radical (unpaired) electrons. The van der Waals surface area contributed by atoms with Crippen molar-refractivity contribution in [3.63, 3.8) is 0 Å². The summed E-state index contributed by atoms with van der Waals surface area (Å²) in [6.45, 7) is 0.644. The lowest BCUT2D eigenvalue weighted by molar-refractivity contribution is -0.133. The number of aromatic amines is 1. The zero-order chi connectivity index (χ0) is 19.5. The first-order valence-electron chi connectivity index (χ1n) is 8.66. The molecule has 3 heterocycles. The predicted octanol–water partition coefficient (Wildman–Crippen LogP) is 2.43. The van der Waals surface area contributed by atoms with Gasteiger partial charge in [0.15, 0.2) is 12.3 Å². The van der Waals surface area contributed by atoms with E-state index in [0.717, 1.165) is 10.6 Å². The number of ether oxygens (including phenoxy) is 1. The number of carbonyl (C=O) groups excluding carboxylic acids is 2. The van der Waals surface area contributed by atoms with Crippen LogP contribution in [0.5, 0.6) is 5.75 Å². The van der Waals surface area contributed by atoms with Crippen LogP contribution in [0.3, 0.4) is 0 Å². The van der Waals surface area contributed by atoms with E-state index >= 15 is 0 Å². The van der Waals surface area contributed by atoms with Crippen molar-refractivity contribution in [1.29, 1.82) is 0 Å². The van der Waals surface area contributed by atoms with E-state index < -0.39 is 0 Å². The zero-order valence-electron chi connectivity index (χ0n) is 14.8. The largest absolute Gasteiger partial charge is 0.483 e. The summed E-state index contributed by atoms with van der Waals surface area (Å²) in [4.78, 5) is 27.0. The Kier molecular flexibility index (Phi) is 5.07. The standard InChI is InChI=1S/C19H17FN4O3S/c20-13-3-4-16-12(8-13)10-24(18(25)11-27-16)6-5-21-19(26)15-9-14(22-23-15)17-2-1-7-28-17/h1-4,7-9H,5-6,10-11H2,(H,21,26)(H,22,23). The average molecular weight is 400 g/mol. The SMILES string of the molecule is O=C(NCCN1Cc2cc(F)ccc2OCC1=O)c1cc(-c2cccs2)[nH]n1. The van der Waals surface area contributed by atoms with Gasteiger partial charge in [0, 0.05) is 25.2 Å². The first kappa shape index (κ1) is 18.2. The Morgan fingerprint density at radius 3 is 3.07 bits per heavy atom. The molecule has 0 aliphatic carbocycles. The molecule has 0 saturated heterocycles. The van der Waals surface area contributed by atoms with E-state index in [1.807, 2.05) is 17.5 Å². The fourth-order valence-corrected chi connectivity index (χ4v) is 3.62. The number of amides is 2. The van der Waals surface area contributed by atoms with Gasteiger partial charge in [0.25, 0.3) is 11.8 Å². The van der Waals surface area contributed by atoms with Crippen LogP contribution in [0, 0.1) is 5.82 Å². The minimum Gasteiger partial charge on any atom is -0.483 e. The molecule has 1 aromatic carbocycles. The molecule has 1 aliphatic heterocycles. The van der Waals surface area contributed by atoms with Crippen LogP contribution in [-0.2, 0) is 11.3 Å². The number of hydrogen-bond donors (Lipinski definition) is 2. The third-order valence-corrected chi connectivity index (χ3v) is 5.26. The second kappa shape index (κ2) is 7.81. The van der Waals surface area contributed by atoms with Gasteiger partial charge in [-0.25, -0.2) is 4.39 Å². The van der Waals surface area contributed by atoms with Crippen LogP contribution >= 0.6 is 11.3 Å². The maximum Gasteiger partial charge on any atom is 0.271 e. The van der Waals surface area contributed by atoms with Crippen LogP contribution in [-0.4, -0.2) is 46.6 Å². The minimum absolute atomic E-state index is 0.115. The number of nitrogens with one attached hydrogen (secondary N) is 2. The molecule has 0 fully saturated rings. The second-order valence-corrected chi connectivity index (χ2v) is 7.20. The smallest absolute Gasteiger partial charge is 0.271 e. The molecule has 2 amide bonds. The molecule has 4 rings (SSSR count). The topological polar surface area (TPSA) is 87.3 Å². The number of nitrogens with zero attached hydrogens (tertiary/aromatic N) is 2. The molecule has 0 spiro atoms. The van der Waals surface area contributed by atoms with Gasteiger partial charge in [-0.3, -0.25) is 14.7 Å². The van der Waals surface area contributed by atoms with Gasteiger partial charge in [-0.05, 0) is 35.7 Å². The van der Waals surface area contributed by atoms with Crippen molar-refractivity contribution in [2.75, 3.05) is 19.7 Å². The molecule has 144 valence electrons. The van der Waals surface area contributed by atoms with Crippen molar-refractivity contribution >= 4 is 23.2 Å². The number of aromatic nitrogens is 2. The molecule has 28 heavy (non-hydrogen) atoms. The van der Waals surface area contributed by atoms with Crippen molar-refractivity contribution in [2.24, 2.45) is 0 Å². The molecule has 7 nitrogen and oxygen atoms in total. The molecule has 0 saturated carbocycles. The van der Waals surface area contributed by atoms with Crippen LogP contribution in [0.2, 0.25) is 0 Å². The van der Waals surface area contributed by atoms with E-state index in [1.165, 1.54) is 23.1 Å². The first-order chi connectivity index (χ1) is 13.6. The lowest BCUT2D eigenvalue weighted by Gasteiger charge is -2.20. The molecule has 2 aromatic heterocycles. The highest BCUT2D eigenvalue weighted by atomic mass is 32.1. The number of benzene rings is 1. The van der Waals surface area contributed by atoms with E-state index in [2.05, 4.69) is 15.5 Å². The summed E-state index contributed by atoms with van der Waals surface area (Å²) in [6.07, 6.45) is 0. The Morgan fingerprint density at radius 2 is 2.25 bits per heavy atom. The van der Waals surface area contributed by atoms with Crippen molar-refractivity contribution in [1.82, 2.24) is 20.4 Å². The minimum atomic E-state index is -0.384. The van der Waals surface area contributed by atoms with Crippen molar-refractivity contribution in [3.05, 3.63) is 58.9 Å². The lowest BCUT2D eigenvalue weighted by Crippen LogP contribution is -2.39. The number of H-pyrrole nitrogens is 1. The molecular weight excluding hydrogens is 383 g/mol. The number of rotatable bonds is 5. The summed E-state index contributed by atoms with van der Waals surface area (Å²) < 4.78 is 18.9. The van der Waals surface area contributed by atoms with Gasteiger partial charge in [-0.2, -0.15) is 5.10 Å². The number of halogens is 1. The Hall–Kier alpha value is -3.20. The van der Waals surface area contributed by atoms with Crippen LogP contribution in [0.4, 0.5) is 4.39 Å². The van der Waals surface area contributed by atoms with Crippen LogP contribution in [0.1, 0.15) is 16.1 Å². The van der Waals surface area contributed by atoms with Crippen molar-refractivity contribution in [3.8, 4) is 16.3 Å². The molecule has 2 N–H and O–H groups in total. The zero-order valence-corrected chi connectivity index (χ0v) is 15.6. The maximum absolute atomic E-state index is 13.5. The molecule has 0 atom stereocenters. The monoisotopic (exact) mass is 400 g/mol. The van der Waals surface area contributed by atoms with Crippen LogP contribution < -0.4 is 10.1 Å². The van der Waals surface area contributed by atoms with Crippen molar-refractivity contribution in [2.45, 2.75) is 6.54 Å². The molecule has 1 aliphatic rings. The summed E-state index contributed by atoms with van der Waals surface area (Å²) in [5, 5.41) is 11.6. The third kappa shape index (κ3) is 3.89. The fourth-order valence-electron chi connectivity index (χ4n) is 2.93. The van der Waals surface area contributed by atoms with E-state index in [-0.39, 0.29) is 49.6 Å². The van der Waals surface area contributed by atoms with Crippen molar-refractivity contribution < 1.29 is 18.7 Å². The highest BCUT2D eigenvalue weighted by Crippen LogP contribution is 2.24. The average Bonchev–Trinajstić information content (AvgIpc) is 3.35. The quantitative estimate of drug-likeness (QED) is 0.689. The molecular formula is C19H17FN4O3S. The van der Waals surface area contributed by atoms with E-state index in [9.17, 15) is 14.0 Å². The number of thiophene rings is 1. The van der Waals surface area contributed by atoms with Gasteiger partial charge in [-0.1, -0.05) is 6.07 Å². The summed E-state index contributed by atoms with van der Waals surface area (Å²) in [6, 6.07) is 9.72. The fraction of sp³-hybridized carbons (Fsp3) is 0.211. The number of carbonyl (C=O) groups is 2. The Balaban J connectivity index is 1.35. The van der Waals surface area contributed by atoms with Gasteiger partial charge in [0.05, 0.1) is 10.6 Å². The van der Waals surface area contributed by atoms with Crippen LogP contribution in [0.25, 0.3) is 10.6 Å². The molecule has 0 unspecified atom stereocenters. The highest BCUT2D eigenvalue weighted by molar-refractivity contribution is 7.13. The summed E-state index contributed by atoms with van der Waals surface area (Å²) in [5.74, 6) is -0.432. The third-order valence-electron chi connectivity index (χ3n) is 4.35. The van der Waals surface area contributed by atoms with E-state index in [0.29, 0.717) is 11.3 Å². The molecule has 0 bridgehead atoms. The van der Waals surface area contributed by atoms with Gasteiger partial charge < -0.3 is 15.0 Å². The van der Waals surface area contributed by atoms with E-state index in [1.54, 1.807) is 17.4 Å². The molecule has 9 heteroatoms. The summed E-state index contributed by atoms with van der Waals surface area (Å²) >= 11 is 1.55. The second-order valence-electron chi connectivity index (χ2n) is 6.26. The number of hydrogen-bond acceptors (Lipinski definition) is 5. The van der Waals surface area contributed by atoms with E-state index in [4.69, 9.17) is 4.74 Å². The van der Waals surface area contributed by atoms with Gasteiger partial charge in [-0.15, -0.1) is 11.3 Å². The van der Waals surface area contributed by atoms with Gasteiger partial charge >= 0.3 is 0 Å².